The average molecular weight is 513 g/mol. The fraction of sp³-hybridized carbons (Fsp3) is 0.429. The van der Waals surface area contributed by atoms with E-state index in [4.69, 9.17) is 21.1 Å². The number of carbonyl (C=O) groups excluding carboxylic acids is 2. The Kier molecular flexibility index (Phi) is 8.67. The summed E-state index contributed by atoms with van der Waals surface area (Å²) in [5.74, 6) is -0.413. The van der Waals surface area contributed by atoms with Gasteiger partial charge in [0.1, 0.15) is 11.5 Å². The molecule has 2 aliphatic heterocycles. The number of aliphatic hydroxyl groups is 1. The second-order valence-electron chi connectivity index (χ2n) is 9.58. The Labute approximate surface area is 217 Å². The van der Waals surface area contributed by atoms with Crippen LogP contribution in [0.4, 0.5) is 0 Å². The molecule has 2 aromatic carbocycles. The minimum absolute atomic E-state index is 0.0875. The summed E-state index contributed by atoms with van der Waals surface area (Å²) in [6.45, 7) is 9.04. The Morgan fingerprint density at radius 1 is 1.06 bits per heavy atom. The lowest BCUT2D eigenvalue weighted by molar-refractivity contribution is -0.140. The van der Waals surface area contributed by atoms with Crippen LogP contribution in [-0.2, 0) is 14.3 Å². The molecule has 1 N–H and O–H groups in total. The van der Waals surface area contributed by atoms with Crippen molar-refractivity contribution in [2.45, 2.75) is 26.3 Å². The van der Waals surface area contributed by atoms with Gasteiger partial charge in [0.2, 0.25) is 0 Å². The fourth-order valence-corrected chi connectivity index (χ4v) is 4.65. The molecule has 192 valence electrons. The quantitative estimate of drug-likeness (QED) is 0.302. The zero-order chi connectivity index (χ0) is 25.7. The minimum Gasteiger partial charge on any atom is -0.507 e. The van der Waals surface area contributed by atoms with Gasteiger partial charge in [-0.25, -0.2) is 0 Å². The van der Waals surface area contributed by atoms with E-state index in [0.717, 1.165) is 25.2 Å². The largest absolute Gasteiger partial charge is 0.507 e. The summed E-state index contributed by atoms with van der Waals surface area (Å²) in [5, 5.41) is 11.8. The van der Waals surface area contributed by atoms with Crippen LogP contribution in [0.15, 0.2) is 54.1 Å². The van der Waals surface area contributed by atoms with E-state index in [1.54, 1.807) is 53.4 Å². The van der Waals surface area contributed by atoms with Crippen molar-refractivity contribution in [3.8, 4) is 5.75 Å². The summed E-state index contributed by atoms with van der Waals surface area (Å²) in [5.41, 5.74) is 1.27. The third kappa shape index (κ3) is 6.09. The van der Waals surface area contributed by atoms with E-state index in [1.807, 2.05) is 0 Å². The normalized spacial score (nSPS) is 20.3. The first-order valence-corrected chi connectivity index (χ1v) is 12.8. The number of Topliss-reactive ketones (excluding diaryl/α,β-unsaturated/α-hetero) is 1. The maximum atomic E-state index is 13.2. The predicted molar refractivity (Wildman–Crippen MR) is 139 cm³/mol. The highest BCUT2D eigenvalue weighted by Gasteiger charge is 2.45. The molecule has 1 atom stereocenters. The SMILES string of the molecule is CC(C)COc1ccc(/C(O)=C2\C(=O)C(=O)N(CCCN3CCOCC3)C2c2ccc(Cl)cc2)cc1. The topological polar surface area (TPSA) is 79.3 Å². The first-order valence-electron chi connectivity index (χ1n) is 12.4. The average Bonchev–Trinajstić information content (AvgIpc) is 3.13. The number of hydrogen-bond acceptors (Lipinski definition) is 6. The van der Waals surface area contributed by atoms with Gasteiger partial charge in [-0.3, -0.25) is 14.5 Å². The number of likely N-dealkylation sites (tertiary alicyclic amines) is 1. The summed E-state index contributed by atoms with van der Waals surface area (Å²) >= 11 is 6.10. The molecule has 2 saturated heterocycles. The van der Waals surface area contributed by atoms with Gasteiger partial charge in [-0.05, 0) is 54.3 Å². The molecule has 2 aromatic rings. The summed E-state index contributed by atoms with van der Waals surface area (Å²) in [6.07, 6.45) is 0.707. The number of ether oxygens (including phenoxy) is 2. The highest BCUT2D eigenvalue weighted by molar-refractivity contribution is 6.46. The van der Waals surface area contributed by atoms with Gasteiger partial charge in [-0.1, -0.05) is 37.6 Å². The molecule has 0 aliphatic carbocycles. The van der Waals surface area contributed by atoms with Gasteiger partial charge >= 0.3 is 0 Å². The number of ketones is 1. The van der Waals surface area contributed by atoms with Crippen LogP contribution in [0, 0.1) is 5.92 Å². The summed E-state index contributed by atoms with van der Waals surface area (Å²) in [4.78, 5) is 30.2. The third-order valence-electron chi connectivity index (χ3n) is 6.41. The van der Waals surface area contributed by atoms with Crippen LogP contribution in [0.3, 0.4) is 0 Å². The molecule has 0 radical (unpaired) electrons. The van der Waals surface area contributed by atoms with E-state index in [1.165, 1.54) is 0 Å². The Hall–Kier alpha value is -2.87. The van der Waals surface area contributed by atoms with E-state index >= 15 is 0 Å². The Morgan fingerprint density at radius 3 is 2.36 bits per heavy atom. The summed E-state index contributed by atoms with van der Waals surface area (Å²) in [6, 6.07) is 13.3. The van der Waals surface area contributed by atoms with Gasteiger partial charge in [0.15, 0.2) is 0 Å². The van der Waals surface area contributed by atoms with Crippen molar-refractivity contribution < 1.29 is 24.2 Å². The molecule has 2 fully saturated rings. The van der Waals surface area contributed by atoms with Gasteiger partial charge in [0.05, 0.1) is 31.4 Å². The maximum Gasteiger partial charge on any atom is 0.295 e. The number of amides is 1. The van der Waals surface area contributed by atoms with E-state index in [9.17, 15) is 14.7 Å². The lowest BCUT2D eigenvalue weighted by Gasteiger charge is -2.29. The smallest absolute Gasteiger partial charge is 0.295 e. The highest BCUT2D eigenvalue weighted by Crippen LogP contribution is 2.40. The standard InChI is InChI=1S/C28H33ClN2O5/c1-19(2)18-36-23-10-6-21(7-11-23)26(32)24-25(20-4-8-22(29)9-5-20)31(28(34)27(24)33)13-3-12-30-14-16-35-17-15-30/h4-11,19,25,32H,3,12-18H2,1-2H3/b26-24+. The fourth-order valence-electron chi connectivity index (χ4n) is 4.52. The zero-order valence-electron chi connectivity index (χ0n) is 20.8. The number of morpholine rings is 1. The highest BCUT2D eigenvalue weighted by atomic mass is 35.5. The monoisotopic (exact) mass is 512 g/mol. The second-order valence-corrected chi connectivity index (χ2v) is 10.0. The number of carbonyl (C=O) groups is 2. The number of benzene rings is 2. The van der Waals surface area contributed by atoms with Crippen LogP contribution in [0.1, 0.15) is 37.4 Å². The number of hydrogen-bond donors (Lipinski definition) is 1. The second kappa shape index (κ2) is 11.9. The van der Waals surface area contributed by atoms with Crippen LogP contribution in [0.5, 0.6) is 5.75 Å². The molecule has 0 aromatic heterocycles. The van der Waals surface area contributed by atoms with Crippen molar-refractivity contribution >= 4 is 29.1 Å². The molecule has 2 heterocycles. The van der Waals surface area contributed by atoms with Crippen molar-refractivity contribution in [1.82, 2.24) is 9.80 Å². The first kappa shape index (κ1) is 26.2. The van der Waals surface area contributed by atoms with Crippen LogP contribution >= 0.6 is 11.6 Å². The van der Waals surface area contributed by atoms with E-state index < -0.39 is 17.7 Å². The van der Waals surface area contributed by atoms with E-state index in [0.29, 0.717) is 55.0 Å². The molecule has 1 amide bonds. The van der Waals surface area contributed by atoms with Gasteiger partial charge in [0.25, 0.3) is 11.7 Å². The third-order valence-corrected chi connectivity index (χ3v) is 6.67. The molecule has 0 bridgehead atoms. The molecule has 0 saturated carbocycles. The van der Waals surface area contributed by atoms with Crippen molar-refractivity contribution in [1.29, 1.82) is 0 Å². The molecule has 2 aliphatic rings. The Bertz CT molecular complexity index is 1090. The zero-order valence-corrected chi connectivity index (χ0v) is 21.5. The molecule has 1 unspecified atom stereocenters. The molecule has 4 rings (SSSR count). The lowest BCUT2D eigenvalue weighted by atomic mass is 9.95. The number of halogens is 1. The van der Waals surface area contributed by atoms with Crippen molar-refractivity contribution in [2.75, 3.05) is 46.0 Å². The van der Waals surface area contributed by atoms with Gasteiger partial charge in [0, 0.05) is 36.8 Å². The molecule has 0 spiro atoms. The first-order chi connectivity index (χ1) is 17.3. The number of nitrogens with zero attached hydrogens (tertiary/aromatic N) is 2. The number of rotatable bonds is 9. The summed E-state index contributed by atoms with van der Waals surface area (Å²) in [7, 11) is 0. The summed E-state index contributed by atoms with van der Waals surface area (Å²) < 4.78 is 11.1. The Balaban J connectivity index is 1.61. The van der Waals surface area contributed by atoms with Gasteiger partial charge < -0.3 is 19.5 Å². The minimum atomic E-state index is -0.691. The van der Waals surface area contributed by atoms with Crippen LogP contribution < -0.4 is 4.74 Å². The van der Waals surface area contributed by atoms with Crippen molar-refractivity contribution in [3.63, 3.8) is 0 Å². The van der Waals surface area contributed by atoms with E-state index in [-0.39, 0.29) is 11.3 Å². The molecular weight excluding hydrogens is 480 g/mol. The van der Waals surface area contributed by atoms with Crippen molar-refractivity contribution in [2.24, 2.45) is 5.92 Å². The molecular formula is C28H33ClN2O5. The van der Waals surface area contributed by atoms with Crippen LogP contribution in [-0.4, -0.2) is 72.6 Å². The van der Waals surface area contributed by atoms with Crippen LogP contribution in [0.2, 0.25) is 5.02 Å². The van der Waals surface area contributed by atoms with Crippen LogP contribution in [0.25, 0.3) is 5.76 Å². The molecule has 7 nitrogen and oxygen atoms in total. The maximum absolute atomic E-state index is 13.2. The molecule has 8 heteroatoms. The van der Waals surface area contributed by atoms with Crippen molar-refractivity contribution in [3.05, 3.63) is 70.3 Å². The van der Waals surface area contributed by atoms with Gasteiger partial charge in [-0.15, -0.1) is 0 Å². The predicted octanol–water partition coefficient (Wildman–Crippen LogP) is 4.52. The van der Waals surface area contributed by atoms with E-state index in [2.05, 4.69) is 18.7 Å². The molecule has 36 heavy (non-hydrogen) atoms. The van der Waals surface area contributed by atoms with Gasteiger partial charge in [-0.2, -0.15) is 0 Å². The number of aliphatic hydroxyl groups excluding tert-OH is 1. The lowest BCUT2D eigenvalue weighted by Crippen LogP contribution is -2.38. The Morgan fingerprint density at radius 2 is 1.72 bits per heavy atom.